The van der Waals surface area contributed by atoms with Gasteiger partial charge >= 0.3 is 6.03 Å². The molecule has 3 aromatic heterocycles. The lowest BCUT2D eigenvalue weighted by molar-refractivity contribution is 0.111. The van der Waals surface area contributed by atoms with Crippen LogP contribution < -0.4 is 15.5 Å². The van der Waals surface area contributed by atoms with Crippen molar-refractivity contribution in [2.75, 3.05) is 42.3 Å². The minimum Gasteiger partial charge on any atom is -0.383 e. The molecule has 4 heterocycles. The second kappa shape index (κ2) is 10.1. The van der Waals surface area contributed by atoms with Gasteiger partial charge in [0.05, 0.1) is 24.1 Å². The topological polar surface area (TPSA) is 138 Å². The van der Waals surface area contributed by atoms with Gasteiger partial charge in [-0.3, -0.25) is 19.7 Å². The second-order valence-electron chi connectivity index (χ2n) is 7.76. The van der Waals surface area contributed by atoms with E-state index in [2.05, 4.69) is 31.8 Å². The Bertz CT molecular complexity index is 1260. The highest BCUT2D eigenvalue weighted by Gasteiger charge is 2.27. The summed E-state index contributed by atoms with van der Waals surface area (Å²) < 4.78 is 6.69. The van der Waals surface area contributed by atoms with Crippen molar-refractivity contribution in [1.82, 2.24) is 19.7 Å². The first kappa shape index (κ1) is 22.9. The van der Waals surface area contributed by atoms with E-state index in [1.807, 2.05) is 12.3 Å². The molecule has 0 aromatic carbocycles. The van der Waals surface area contributed by atoms with Crippen LogP contribution >= 0.6 is 0 Å². The Balaban J connectivity index is 1.60. The Morgan fingerprint density at radius 1 is 1.35 bits per heavy atom. The van der Waals surface area contributed by atoms with E-state index < -0.39 is 6.03 Å². The molecule has 11 heteroatoms. The lowest BCUT2D eigenvalue weighted by Crippen LogP contribution is -2.39. The van der Waals surface area contributed by atoms with Crippen LogP contribution in [0.15, 0.2) is 30.7 Å². The standard InChI is InChI=1S/C23H24N8O3/c1-30-13-17(12-27-30)18-8-15-4-3-6-31(22(15)28-20(18)14-32)23(33)29-21-9-19(25-5-7-34-2)16(10-24)11-26-21/h8-9,11-14H,3-7H2,1-2H3,(H2,25,26,29,33). The number of aromatic nitrogens is 4. The van der Waals surface area contributed by atoms with Gasteiger partial charge in [0.2, 0.25) is 0 Å². The van der Waals surface area contributed by atoms with Crippen LogP contribution in [0.4, 0.5) is 22.1 Å². The molecule has 1 aliphatic heterocycles. The van der Waals surface area contributed by atoms with Crippen molar-refractivity contribution < 1.29 is 14.3 Å². The van der Waals surface area contributed by atoms with Crippen LogP contribution in [0.1, 0.15) is 28.0 Å². The van der Waals surface area contributed by atoms with Gasteiger partial charge in [-0.25, -0.2) is 14.8 Å². The highest BCUT2D eigenvalue weighted by atomic mass is 16.5. The number of methoxy groups -OCH3 is 1. The van der Waals surface area contributed by atoms with Crippen molar-refractivity contribution in [2.45, 2.75) is 12.8 Å². The summed E-state index contributed by atoms with van der Waals surface area (Å²) in [6.45, 7) is 1.41. The molecule has 34 heavy (non-hydrogen) atoms. The molecular weight excluding hydrogens is 436 g/mol. The molecule has 0 fully saturated rings. The average molecular weight is 460 g/mol. The quantitative estimate of drug-likeness (QED) is 0.405. The summed E-state index contributed by atoms with van der Waals surface area (Å²) in [6, 6.07) is 5.16. The van der Waals surface area contributed by atoms with E-state index in [1.165, 1.54) is 11.1 Å². The predicted octanol–water partition coefficient (Wildman–Crippen LogP) is 2.60. The number of hydrogen-bond acceptors (Lipinski definition) is 8. The summed E-state index contributed by atoms with van der Waals surface area (Å²) in [5, 5.41) is 19.4. The van der Waals surface area contributed by atoms with Gasteiger partial charge in [0.15, 0.2) is 6.29 Å². The number of hydrogen-bond donors (Lipinski definition) is 2. The van der Waals surface area contributed by atoms with Crippen LogP contribution in [0, 0.1) is 11.3 Å². The van der Waals surface area contributed by atoms with E-state index in [4.69, 9.17) is 4.74 Å². The number of aryl methyl sites for hydroxylation is 2. The third-order valence-corrected chi connectivity index (χ3v) is 5.45. The maximum Gasteiger partial charge on any atom is 0.328 e. The fourth-order valence-electron chi connectivity index (χ4n) is 3.81. The highest BCUT2D eigenvalue weighted by molar-refractivity contribution is 6.02. The molecule has 174 valence electrons. The number of rotatable bonds is 7. The van der Waals surface area contributed by atoms with Crippen LogP contribution in [0.3, 0.4) is 0 Å². The molecule has 0 radical (unpaired) electrons. The van der Waals surface area contributed by atoms with E-state index in [0.29, 0.717) is 54.4 Å². The number of amides is 2. The van der Waals surface area contributed by atoms with Gasteiger partial charge in [-0.05, 0) is 24.5 Å². The van der Waals surface area contributed by atoms with Crippen molar-refractivity contribution in [3.63, 3.8) is 0 Å². The molecule has 2 N–H and O–H groups in total. The molecule has 3 aromatic rings. The number of nitrogens with zero attached hydrogens (tertiary/aromatic N) is 6. The zero-order chi connectivity index (χ0) is 24.1. The molecule has 0 saturated heterocycles. The fraction of sp³-hybridized carbons (Fsp3) is 0.304. The average Bonchev–Trinajstić information content (AvgIpc) is 3.29. The molecular formula is C23H24N8O3. The number of aldehydes is 1. The van der Waals surface area contributed by atoms with Crippen LogP contribution in [-0.4, -0.2) is 58.9 Å². The lowest BCUT2D eigenvalue weighted by Gasteiger charge is -2.29. The monoisotopic (exact) mass is 460 g/mol. The van der Waals surface area contributed by atoms with Crippen molar-refractivity contribution in [3.8, 4) is 17.2 Å². The van der Waals surface area contributed by atoms with Crippen LogP contribution in [-0.2, 0) is 18.2 Å². The van der Waals surface area contributed by atoms with Crippen LogP contribution in [0.25, 0.3) is 11.1 Å². The van der Waals surface area contributed by atoms with E-state index in [-0.39, 0.29) is 5.69 Å². The second-order valence-corrected chi connectivity index (χ2v) is 7.76. The normalized spacial score (nSPS) is 12.6. The minimum atomic E-state index is -0.417. The number of carbonyl (C=O) groups excluding carboxylic acids is 2. The summed E-state index contributed by atoms with van der Waals surface area (Å²) in [5.74, 6) is 0.740. The van der Waals surface area contributed by atoms with Gasteiger partial charge < -0.3 is 10.1 Å². The SMILES string of the molecule is COCCNc1cc(NC(=O)N2CCCc3cc(-c4cnn(C)c4)c(C=O)nc32)ncc1C#N. The number of ether oxygens (including phenoxy) is 1. The number of carbonyl (C=O) groups is 2. The number of pyridine rings is 2. The van der Waals surface area contributed by atoms with E-state index in [9.17, 15) is 14.9 Å². The van der Waals surface area contributed by atoms with Crippen molar-refractivity contribution in [1.29, 1.82) is 5.26 Å². The molecule has 4 rings (SSSR count). The number of fused-ring (bicyclic) bond motifs is 1. The number of nitrogens with one attached hydrogen (secondary N) is 2. The first-order chi connectivity index (χ1) is 16.5. The largest absolute Gasteiger partial charge is 0.383 e. The Morgan fingerprint density at radius 3 is 2.91 bits per heavy atom. The molecule has 0 saturated carbocycles. The zero-order valence-electron chi connectivity index (χ0n) is 18.9. The first-order valence-corrected chi connectivity index (χ1v) is 10.7. The Labute approximate surface area is 196 Å². The van der Waals surface area contributed by atoms with Gasteiger partial charge in [-0.15, -0.1) is 0 Å². The van der Waals surface area contributed by atoms with Gasteiger partial charge in [-0.2, -0.15) is 10.4 Å². The number of nitriles is 1. The maximum absolute atomic E-state index is 13.1. The van der Waals surface area contributed by atoms with E-state index in [0.717, 1.165) is 24.0 Å². The minimum absolute atomic E-state index is 0.243. The Morgan fingerprint density at radius 2 is 2.21 bits per heavy atom. The van der Waals surface area contributed by atoms with Crippen molar-refractivity contribution in [3.05, 3.63) is 47.5 Å². The summed E-state index contributed by atoms with van der Waals surface area (Å²) >= 11 is 0. The van der Waals surface area contributed by atoms with E-state index >= 15 is 0 Å². The van der Waals surface area contributed by atoms with Gasteiger partial charge in [-0.1, -0.05) is 0 Å². The van der Waals surface area contributed by atoms with Crippen LogP contribution in [0.2, 0.25) is 0 Å². The maximum atomic E-state index is 13.1. The molecule has 0 spiro atoms. The third kappa shape index (κ3) is 4.72. The Hall–Kier alpha value is -4.30. The Kier molecular flexibility index (Phi) is 6.79. The smallest absolute Gasteiger partial charge is 0.328 e. The fourth-order valence-corrected chi connectivity index (χ4v) is 3.81. The van der Waals surface area contributed by atoms with Gasteiger partial charge in [0, 0.05) is 56.8 Å². The summed E-state index contributed by atoms with van der Waals surface area (Å²) in [7, 11) is 3.39. The predicted molar refractivity (Wildman–Crippen MR) is 126 cm³/mol. The molecule has 0 atom stereocenters. The highest BCUT2D eigenvalue weighted by Crippen LogP contribution is 2.32. The molecule has 11 nitrogen and oxygen atoms in total. The molecule has 0 bridgehead atoms. The first-order valence-electron chi connectivity index (χ1n) is 10.7. The van der Waals surface area contributed by atoms with Gasteiger partial charge in [0.1, 0.15) is 23.4 Å². The van der Waals surface area contributed by atoms with Crippen LogP contribution in [0.5, 0.6) is 0 Å². The number of urea groups is 1. The summed E-state index contributed by atoms with van der Waals surface area (Å²) in [4.78, 5) is 35.2. The molecule has 2 amide bonds. The van der Waals surface area contributed by atoms with Gasteiger partial charge in [0.25, 0.3) is 0 Å². The number of anilines is 3. The van der Waals surface area contributed by atoms with E-state index in [1.54, 1.807) is 31.1 Å². The molecule has 0 unspecified atom stereocenters. The third-order valence-electron chi connectivity index (χ3n) is 5.45. The van der Waals surface area contributed by atoms with Crippen molar-refractivity contribution >= 4 is 29.6 Å². The lowest BCUT2D eigenvalue weighted by atomic mass is 9.99. The van der Waals surface area contributed by atoms with Crippen molar-refractivity contribution in [2.24, 2.45) is 7.05 Å². The molecule has 1 aliphatic rings. The molecule has 0 aliphatic carbocycles. The summed E-state index contributed by atoms with van der Waals surface area (Å²) in [6.07, 6.45) is 7.07. The zero-order valence-corrected chi connectivity index (χ0v) is 18.9. The summed E-state index contributed by atoms with van der Waals surface area (Å²) in [5.41, 5.74) is 3.50.